The molecule has 1 aromatic rings. The summed E-state index contributed by atoms with van der Waals surface area (Å²) in [5, 5.41) is 9.04. The lowest BCUT2D eigenvalue weighted by atomic mass is 10.2. The van der Waals surface area contributed by atoms with Gasteiger partial charge in [-0.3, -0.25) is 4.90 Å². The Kier molecular flexibility index (Phi) is 5.37. The van der Waals surface area contributed by atoms with Crippen LogP contribution in [0.3, 0.4) is 0 Å². The fourth-order valence-corrected chi connectivity index (χ4v) is 3.78. The van der Waals surface area contributed by atoms with Gasteiger partial charge in [0.25, 0.3) is 0 Å². The SMILES string of the molecule is O=C(O)c1cc(S(=O)(=O)CCN2CCOCC2)ccc1Br. The van der Waals surface area contributed by atoms with Crippen LogP contribution in [0.5, 0.6) is 0 Å². The molecule has 0 aliphatic carbocycles. The molecule has 0 aromatic heterocycles. The Morgan fingerprint density at radius 2 is 2.00 bits per heavy atom. The van der Waals surface area contributed by atoms with Crippen molar-refractivity contribution in [3.05, 3.63) is 28.2 Å². The minimum absolute atomic E-state index is 0.0340. The van der Waals surface area contributed by atoms with Gasteiger partial charge >= 0.3 is 5.97 Å². The van der Waals surface area contributed by atoms with Gasteiger partial charge in [-0.25, -0.2) is 13.2 Å². The molecular weight excluding hydrogens is 362 g/mol. The average Bonchev–Trinajstić information content (AvgIpc) is 2.46. The van der Waals surface area contributed by atoms with E-state index in [-0.39, 0.29) is 16.2 Å². The van der Waals surface area contributed by atoms with Gasteiger partial charge in [0, 0.05) is 24.1 Å². The predicted octanol–water partition coefficient (Wildman–Crippen LogP) is 1.25. The highest BCUT2D eigenvalue weighted by Gasteiger charge is 2.20. The van der Waals surface area contributed by atoms with E-state index < -0.39 is 15.8 Å². The molecule has 0 unspecified atom stereocenters. The van der Waals surface area contributed by atoms with Crippen LogP contribution in [0, 0.1) is 0 Å². The molecule has 0 radical (unpaired) electrons. The van der Waals surface area contributed by atoms with Crippen molar-refractivity contribution < 1.29 is 23.1 Å². The molecular formula is C13H16BrNO5S. The maximum absolute atomic E-state index is 12.3. The maximum Gasteiger partial charge on any atom is 0.336 e. The molecule has 6 nitrogen and oxygen atoms in total. The number of nitrogens with zero attached hydrogens (tertiary/aromatic N) is 1. The van der Waals surface area contributed by atoms with E-state index in [1.54, 1.807) is 0 Å². The van der Waals surface area contributed by atoms with Crippen molar-refractivity contribution in [2.24, 2.45) is 0 Å². The van der Waals surface area contributed by atoms with E-state index in [9.17, 15) is 13.2 Å². The Morgan fingerprint density at radius 3 is 2.62 bits per heavy atom. The smallest absolute Gasteiger partial charge is 0.336 e. The van der Waals surface area contributed by atoms with Gasteiger partial charge in [0.15, 0.2) is 9.84 Å². The first-order valence-electron chi connectivity index (χ1n) is 6.46. The zero-order chi connectivity index (χ0) is 15.5. The number of hydrogen-bond donors (Lipinski definition) is 1. The van der Waals surface area contributed by atoms with Crippen LogP contribution in [0.1, 0.15) is 10.4 Å². The molecule has 0 amide bonds. The number of sulfone groups is 1. The second-order valence-electron chi connectivity index (χ2n) is 4.72. The fourth-order valence-electron chi connectivity index (χ4n) is 2.05. The van der Waals surface area contributed by atoms with Crippen molar-refractivity contribution in [3.63, 3.8) is 0 Å². The third kappa shape index (κ3) is 4.26. The highest BCUT2D eigenvalue weighted by molar-refractivity contribution is 9.10. The van der Waals surface area contributed by atoms with Crippen molar-refractivity contribution in [2.45, 2.75) is 4.90 Å². The number of carboxylic acids is 1. The van der Waals surface area contributed by atoms with E-state index in [4.69, 9.17) is 9.84 Å². The first-order valence-corrected chi connectivity index (χ1v) is 8.90. The van der Waals surface area contributed by atoms with Crippen molar-refractivity contribution in [1.29, 1.82) is 0 Å². The number of halogens is 1. The highest BCUT2D eigenvalue weighted by Crippen LogP contribution is 2.22. The summed E-state index contributed by atoms with van der Waals surface area (Å²) in [4.78, 5) is 13.1. The number of ether oxygens (including phenoxy) is 1. The first-order chi connectivity index (χ1) is 9.90. The summed E-state index contributed by atoms with van der Waals surface area (Å²) in [6.45, 7) is 3.08. The van der Waals surface area contributed by atoms with Gasteiger partial charge in [-0.1, -0.05) is 0 Å². The van der Waals surface area contributed by atoms with E-state index >= 15 is 0 Å². The van der Waals surface area contributed by atoms with Crippen molar-refractivity contribution in [1.82, 2.24) is 4.90 Å². The second kappa shape index (κ2) is 6.87. The average molecular weight is 378 g/mol. The Bertz CT molecular complexity index is 625. The second-order valence-corrected chi connectivity index (χ2v) is 7.68. The van der Waals surface area contributed by atoms with Crippen LogP contribution in [-0.2, 0) is 14.6 Å². The molecule has 116 valence electrons. The number of benzene rings is 1. The minimum Gasteiger partial charge on any atom is -0.478 e. The molecule has 0 bridgehead atoms. The van der Waals surface area contributed by atoms with Crippen LogP contribution in [0.2, 0.25) is 0 Å². The van der Waals surface area contributed by atoms with Crippen LogP contribution < -0.4 is 0 Å². The number of carbonyl (C=O) groups is 1. The summed E-state index contributed by atoms with van der Waals surface area (Å²) >= 11 is 3.10. The van der Waals surface area contributed by atoms with Crippen molar-refractivity contribution in [2.75, 3.05) is 38.6 Å². The molecule has 21 heavy (non-hydrogen) atoms. The lowest BCUT2D eigenvalue weighted by Crippen LogP contribution is -2.39. The summed E-state index contributed by atoms with van der Waals surface area (Å²) in [5.41, 5.74) is -0.0533. The predicted molar refractivity (Wildman–Crippen MR) is 80.4 cm³/mol. The summed E-state index contributed by atoms with van der Waals surface area (Å²) in [5.74, 6) is -1.19. The zero-order valence-corrected chi connectivity index (χ0v) is 13.7. The van der Waals surface area contributed by atoms with Gasteiger partial charge in [-0.05, 0) is 34.1 Å². The van der Waals surface area contributed by atoms with E-state index in [0.717, 1.165) is 13.1 Å². The number of aromatic carboxylic acids is 1. The van der Waals surface area contributed by atoms with Gasteiger partial charge in [0.1, 0.15) is 0 Å². The van der Waals surface area contributed by atoms with Gasteiger partial charge in [-0.15, -0.1) is 0 Å². The lowest BCUT2D eigenvalue weighted by Gasteiger charge is -2.26. The van der Waals surface area contributed by atoms with Crippen molar-refractivity contribution >= 4 is 31.7 Å². The van der Waals surface area contributed by atoms with Crippen LogP contribution in [0.25, 0.3) is 0 Å². The Hall–Kier alpha value is -0.960. The lowest BCUT2D eigenvalue weighted by molar-refractivity contribution is 0.0408. The molecule has 0 atom stereocenters. The number of carboxylic acid groups (broad SMARTS) is 1. The van der Waals surface area contributed by atoms with Crippen LogP contribution in [0.15, 0.2) is 27.6 Å². The third-order valence-corrected chi connectivity index (χ3v) is 5.69. The summed E-state index contributed by atoms with van der Waals surface area (Å²) < 4.78 is 30.2. The molecule has 1 N–H and O–H groups in total. The molecule has 1 fully saturated rings. The van der Waals surface area contributed by atoms with E-state index in [1.165, 1.54) is 18.2 Å². The fraction of sp³-hybridized carbons (Fsp3) is 0.462. The maximum atomic E-state index is 12.3. The van der Waals surface area contributed by atoms with Crippen LogP contribution in [0.4, 0.5) is 0 Å². The Morgan fingerprint density at radius 1 is 1.33 bits per heavy atom. The van der Waals surface area contributed by atoms with Crippen LogP contribution in [-0.4, -0.2) is 63.0 Å². The monoisotopic (exact) mass is 377 g/mol. The molecule has 8 heteroatoms. The Balaban J connectivity index is 2.11. The minimum atomic E-state index is -3.50. The molecule has 0 saturated carbocycles. The molecule has 0 spiro atoms. The van der Waals surface area contributed by atoms with Gasteiger partial charge in [-0.2, -0.15) is 0 Å². The van der Waals surface area contributed by atoms with Gasteiger partial charge in [0.05, 0.1) is 29.4 Å². The largest absolute Gasteiger partial charge is 0.478 e. The topological polar surface area (TPSA) is 83.9 Å². The molecule has 1 aliphatic rings. The number of morpholine rings is 1. The van der Waals surface area contributed by atoms with Gasteiger partial charge in [0.2, 0.25) is 0 Å². The summed E-state index contributed by atoms with van der Waals surface area (Å²) in [6, 6.07) is 4.07. The molecule has 1 saturated heterocycles. The molecule has 1 aliphatic heterocycles. The highest BCUT2D eigenvalue weighted by atomic mass is 79.9. The zero-order valence-electron chi connectivity index (χ0n) is 11.3. The summed E-state index contributed by atoms with van der Waals surface area (Å²) in [6.07, 6.45) is 0. The van der Waals surface area contributed by atoms with Gasteiger partial charge < -0.3 is 9.84 Å². The van der Waals surface area contributed by atoms with E-state index in [2.05, 4.69) is 15.9 Å². The van der Waals surface area contributed by atoms with Crippen LogP contribution >= 0.6 is 15.9 Å². The molecule has 1 heterocycles. The first kappa shape index (κ1) is 16.4. The Labute approximate surface area is 131 Å². The third-order valence-electron chi connectivity index (χ3n) is 3.31. The number of hydrogen-bond acceptors (Lipinski definition) is 5. The molecule has 1 aromatic carbocycles. The quantitative estimate of drug-likeness (QED) is 0.831. The normalized spacial score (nSPS) is 16.8. The standard InChI is InChI=1S/C13H16BrNO5S/c14-12-2-1-10(9-11(12)13(16)17)21(18,19)8-5-15-3-6-20-7-4-15/h1-2,9H,3-8H2,(H,16,17). The van der Waals surface area contributed by atoms with E-state index in [0.29, 0.717) is 24.2 Å². The molecule has 2 rings (SSSR count). The summed E-state index contributed by atoms with van der Waals surface area (Å²) in [7, 11) is -3.50. The number of rotatable bonds is 5. The van der Waals surface area contributed by atoms with Crippen molar-refractivity contribution in [3.8, 4) is 0 Å². The van der Waals surface area contributed by atoms with E-state index in [1.807, 2.05) is 4.90 Å².